The third kappa shape index (κ3) is 5.03. The first-order valence-corrected chi connectivity index (χ1v) is 10.1. The third-order valence-corrected chi connectivity index (χ3v) is 5.26. The zero-order chi connectivity index (χ0) is 21.6. The predicted octanol–water partition coefficient (Wildman–Crippen LogP) is 1.17. The van der Waals surface area contributed by atoms with Crippen LogP contribution in [0, 0.1) is 0 Å². The van der Waals surface area contributed by atoms with Gasteiger partial charge in [0, 0.05) is 45.9 Å². The van der Waals surface area contributed by atoms with Gasteiger partial charge in [-0.05, 0) is 19.3 Å². The van der Waals surface area contributed by atoms with E-state index in [0.29, 0.717) is 38.6 Å². The van der Waals surface area contributed by atoms with Crippen molar-refractivity contribution >= 4 is 29.6 Å². The highest BCUT2D eigenvalue weighted by Crippen LogP contribution is 2.36. The van der Waals surface area contributed by atoms with Gasteiger partial charge >= 0.3 is 5.97 Å². The molecule has 0 atom stereocenters. The highest BCUT2D eigenvalue weighted by Gasteiger charge is 2.45. The van der Waals surface area contributed by atoms with E-state index in [0.717, 1.165) is 4.90 Å². The molecule has 3 rings (SSSR count). The number of hydrogen-bond acceptors (Lipinski definition) is 6. The summed E-state index contributed by atoms with van der Waals surface area (Å²) >= 11 is 0. The van der Waals surface area contributed by atoms with Crippen molar-refractivity contribution in [3.05, 3.63) is 36.5 Å². The maximum Gasteiger partial charge on any atom is 0.332 e. The summed E-state index contributed by atoms with van der Waals surface area (Å²) in [6.45, 7) is 0.501. The number of rotatable bonds is 10. The number of amides is 4. The molecule has 1 N–H and O–H groups in total. The van der Waals surface area contributed by atoms with Crippen LogP contribution in [0.15, 0.2) is 36.5 Å². The van der Waals surface area contributed by atoms with E-state index in [1.807, 2.05) is 24.3 Å². The first kappa shape index (κ1) is 21.5. The molecule has 3 aliphatic rings. The molecule has 0 bridgehead atoms. The number of nitrogens with one attached hydrogen (secondary N) is 1. The van der Waals surface area contributed by atoms with Crippen molar-refractivity contribution in [3.63, 3.8) is 0 Å². The Kier molecular flexibility index (Phi) is 6.81. The summed E-state index contributed by atoms with van der Waals surface area (Å²) in [7, 11) is 0. The minimum absolute atomic E-state index is 0. The summed E-state index contributed by atoms with van der Waals surface area (Å²) in [5, 5.41) is 3.91. The van der Waals surface area contributed by atoms with Crippen molar-refractivity contribution in [3.8, 4) is 0 Å². The van der Waals surface area contributed by atoms with Crippen molar-refractivity contribution in [1.82, 2.24) is 15.3 Å². The molecule has 1 aliphatic carbocycles. The number of allylic oxidation sites excluding steroid dienone is 2. The second-order valence-corrected chi connectivity index (χ2v) is 7.43. The molecular weight excluding hydrogens is 390 g/mol. The lowest BCUT2D eigenvalue weighted by Gasteiger charge is -2.29. The van der Waals surface area contributed by atoms with Crippen LogP contribution in [0.3, 0.4) is 0 Å². The van der Waals surface area contributed by atoms with Crippen molar-refractivity contribution in [2.45, 2.75) is 50.5 Å². The Hall–Kier alpha value is -3.23. The van der Waals surface area contributed by atoms with Gasteiger partial charge in [0.05, 0.1) is 0 Å². The van der Waals surface area contributed by atoms with E-state index >= 15 is 0 Å². The van der Waals surface area contributed by atoms with Gasteiger partial charge in [0.25, 0.3) is 17.7 Å². The summed E-state index contributed by atoms with van der Waals surface area (Å²) in [6.07, 6.45) is 12.9. The fourth-order valence-corrected chi connectivity index (χ4v) is 3.58. The molecule has 1 saturated heterocycles. The number of hydroxylamine groups is 2. The van der Waals surface area contributed by atoms with Gasteiger partial charge in [0.15, 0.2) is 0 Å². The molecular formula is C21H27N3O6. The van der Waals surface area contributed by atoms with Gasteiger partial charge in [-0.3, -0.25) is 24.1 Å². The number of hydrogen-bond donors (Lipinski definition) is 1. The molecule has 2 heterocycles. The smallest absolute Gasteiger partial charge is 0.332 e. The SMILES string of the molecule is O=C(CCN1C(=O)C=CC1=O)NCCCCCC(=O)ON1C(=O)CCC12C=CC=C2.[HH]. The Morgan fingerprint density at radius 2 is 1.73 bits per heavy atom. The van der Waals surface area contributed by atoms with Gasteiger partial charge in [-0.2, -0.15) is 5.06 Å². The Morgan fingerprint density at radius 1 is 1.03 bits per heavy atom. The number of carbonyl (C=O) groups excluding carboxylic acids is 5. The molecule has 162 valence electrons. The summed E-state index contributed by atoms with van der Waals surface area (Å²) in [4.78, 5) is 65.1. The molecule has 4 amide bonds. The van der Waals surface area contributed by atoms with Crippen LogP contribution in [0.25, 0.3) is 0 Å². The fourth-order valence-electron chi connectivity index (χ4n) is 3.58. The van der Waals surface area contributed by atoms with Crippen LogP contribution in [0.5, 0.6) is 0 Å². The minimum atomic E-state index is -0.628. The summed E-state index contributed by atoms with van der Waals surface area (Å²) in [6, 6.07) is 0. The molecule has 0 saturated carbocycles. The van der Waals surface area contributed by atoms with E-state index in [1.165, 1.54) is 17.2 Å². The summed E-state index contributed by atoms with van der Waals surface area (Å²) in [5.74, 6) is -1.69. The van der Waals surface area contributed by atoms with Crippen LogP contribution >= 0.6 is 0 Å². The van der Waals surface area contributed by atoms with Gasteiger partial charge < -0.3 is 10.2 Å². The maximum atomic E-state index is 12.1. The fraction of sp³-hybridized carbons (Fsp3) is 0.476. The average molecular weight is 417 g/mol. The second-order valence-electron chi connectivity index (χ2n) is 7.43. The lowest BCUT2D eigenvalue weighted by atomic mass is 10.0. The van der Waals surface area contributed by atoms with E-state index in [9.17, 15) is 24.0 Å². The summed E-state index contributed by atoms with van der Waals surface area (Å²) in [5.41, 5.74) is -0.628. The molecule has 30 heavy (non-hydrogen) atoms. The minimum Gasteiger partial charge on any atom is -0.356 e. The Balaban J connectivity index is 0.00000341. The molecule has 1 spiro atoms. The van der Waals surface area contributed by atoms with Crippen molar-refractivity contribution in [2.75, 3.05) is 13.1 Å². The predicted molar refractivity (Wildman–Crippen MR) is 107 cm³/mol. The first-order valence-electron chi connectivity index (χ1n) is 10.1. The van der Waals surface area contributed by atoms with E-state index in [-0.39, 0.29) is 32.6 Å². The molecule has 0 radical (unpaired) electrons. The van der Waals surface area contributed by atoms with E-state index < -0.39 is 23.3 Å². The van der Waals surface area contributed by atoms with Gasteiger partial charge in [0.2, 0.25) is 5.91 Å². The van der Waals surface area contributed by atoms with Crippen molar-refractivity contribution in [1.29, 1.82) is 0 Å². The number of nitrogens with zero attached hydrogens (tertiary/aromatic N) is 2. The maximum absolute atomic E-state index is 12.1. The highest BCUT2D eigenvalue weighted by molar-refractivity contribution is 6.13. The molecule has 9 nitrogen and oxygen atoms in total. The van der Waals surface area contributed by atoms with Crippen LogP contribution in [0.2, 0.25) is 0 Å². The monoisotopic (exact) mass is 417 g/mol. The normalized spacial score (nSPS) is 18.9. The standard InChI is InChI=1S/C21H25N3O6.H2/c25-16(10-15-23-17(26)7-8-18(23)27)22-14-5-1-2-6-20(29)30-24-19(28)9-13-21(24)11-3-4-12-21;/h3-4,7-8,11-12H,1-2,5-6,9-10,13-15H2,(H,22,25);1H. The average Bonchev–Trinajstić information content (AvgIpc) is 3.40. The van der Waals surface area contributed by atoms with Crippen LogP contribution in [0.4, 0.5) is 0 Å². The molecule has 0 aromatic heterocycles. The Labute approximate surface area is 175 Å². The van der Waals surface area contributed by atoms with Crippen LogP contribution < -0.4 is 5.32 Å². The lowest BCUT2D eigenvalue weighted by Crippen LogP contribution is -2.43. The van der Waals surface area contributed by atoms with Gasteiger partial charge in [0.1, 0.15) is 5.54 Å². The molecule has 0 unspecified atom stereocenters. The Morgan fingerprint density at radius 3 is 2.43 bits per heavy atom. The van der Waals surface area contributed by atoms with Crippen molar-refractivity contribution in [2.24, 2.45) is 0 Å². The zero-order valence-electron chi connectivity index (χ0n) is 16.7. The van der Waals surface area contributed by atoms with Crippen LogP contribution in [0.1, 0.15) is 46.4 Å². The van der Waals surface area contributed by atoms with Crippen LogP contribution in [-0.2, 0) is 28.8 Å². The molecule has 2 aliphatic heterocycles. The third-order valence-electron chi connectivity index (χ3n) is 5.26. The topological polar surface area (TPSA) is 113 Å². The first-order chi connectivity index (χ1) is 14.4. The second kappa shape index (κ2) is 9.51. The van der Waals surface area contributed by atoms with Gasteiger partial charge in [-0.25, -0.2) is 4.79 Å². The van der Waals surface area contributed by atoms with E-state index in [1.54, 1.807) is 0 Å². The lowest BCUT2D eigenvalue weighted by molar-refractivity contribution is -0.204. The molecule has 0 aromatic carbocycles. The highest BCUT2D eigenvalue weighted by atomic mass is 16.7. The number of carbonyl (C=O) groups is 5. The number of imide groups is 1. The molecule has 9 heteroatoms. The molecule has 0 aromatic rings. The van der Waals surface area contributed by atoms with Gasteiger partial charge in [-0.15, -0.1) is 0 Å². The van der Waals surface area contributed by atoms with E-state index in [4.69, 9.17) is 4.84 Å². The van der Waals surface area contributed by atoms with Crippen LogP contribution in [-0.4, -0.2) is 58.2 Å². The van der Waals surface area contributed by atoms with Gasteiger partial charge in [-0.1, -0.05) is 30.7 Å². The van der Waals surface area contributed by atoms with E-state index in [2.05, 4.69) is 5.32 Å². The Bertz CT molecular complexity index is 805. The molecule has 1 fully saturated rings. The zero-order valence-corrected chi connectivity index (χ0v) is 16.7. The number of unbranched alkanes of at least 4 members (excludes halogenated alkanes) is 2. The summed E-state index contributed by atoms with van der Waals surface area (Å²) < 4.78 is 0. The van der Waals surface area contributed by atoms with Crippen molar-refractivity contribution < 1.29 is 30.2 Å². The quantitative estimate of drug-likeness (QED) is 0.422. The largest absolute Gasteiger partial charge is 0.356 e.